The van der Waals surface area contributed by atoms with Crippen molar-refractivity contribution in [1.29, 1.82) is 0 Å². The van der Waals surface area contributed by atoms with E-state index in [0.29, 0.717) is 22.6 Å². The molecule has 0 aliphatic carbocycles. The van der Waals surface area contributed by atoms with Crippen molar-refractivity contribution in [2.24, 2.45) is 5.92 Å². The first-order valence-corrected chi connectivity index (χ1v) is 9.32. The van der Waals surface area contributed by atoms with Crippen LogP contribution in [0, 0.1) is 12.8 Å². The maximum absolute atomic E-state index is 12.5. The van der Waals surface area contributed by atoms with E-state index in [4.69, 9.17) is 14.2 Å². The first-order chi connectivity index (χ1) is 13.8. The van der Waals surface area contributed by atoms with Gasteiger partial charge in [0.15, 0.2) is 23.9 Å². The van der Waals surface area contributed by atoms with Gasteiger partial charge in [0.25, 0.3) is 5.91 Å². The number of nitrogens with one attached hydrogen (secondary N) is 1. The van der Waals surface area contributed by atoms with Crippen LogP contribution in [-0.4, -0.2) is 37.1 Å². The summed E-state index contributed by atoms with van der Waals surface area (Å²) in [5.74, 6) is -0.562. The minimum absolute atomic E-state index is 0.110. The van der Waals surface area contributed by atoms with Gasteiger partial charge in [0, 0.05) is 11.1 Å². The molecular weight excluding hydrogens is 374 g/mol. The number of benzene rings is 2. The van der Waals surface area contributed by atoms with Crippen molar-refractivity contribution in [2.75, 3.05) is 13.4 Å². The zero-order valence-electron chi connectivity index (χ0n) is 16.6. The van der Waals surface area contributed by atoms with Crippen LogP contribution in [0.1, 0.15) is 40.1 Å². The van der Waals surface area contributed by atoms with E-state index in [2.05, 4.69) is 5.32 Å². The Hall–Kier alpha value is -3.35. The average Bonchev–Trinajstić information content (AvgIpc) is 3.17. The number of ether oxygens (including phenoxy) is 3. The molecule has 152 valence electrons. The molecule has 29 heavy (non-hydrogen) atoms. The Morgan fingerprint density at radius 2 is 1.79 bits per heavy atom. The maximum atomic E-state index is 12.5. The molecule has 1 N–H and O–H groups in total. The van der Waals surface area contributed by atoms with E-state index >= 15 is 0 Å². The van der Waals surface area contributed by atoms with Crippen molar-refractivity contribution in [3.8, 4) is 11.5 Å². The Labute approximate surface area is 169 Å². The molecule has 0 unspecified atom stereocenters. The van der Waals surface area contributed by atoms with Gasteiger partial charge in [-0.3, -0.25) is 9.59 Å². The molecule has 0 saturated carbocycles. The van der Waals surface area contributed by atoms with Crippen molar-refractivity contribution in [1.82, 2.24) is 5.32 Å². The summed E-state index contributed by atoms with van der Waals surface area (Å²) < 4.78 is 15.6. The van der Waals surface area contributed by atoms with Crippen molar-refractivity contribution >= 4 is 17.7 Å². The van der Waals surface area contributed by atoms with Crippen molar-refractivity contribution in [3.05, 3.63) is 59.2 Å². The normalized spacial score (nSPS) is 13.1. The fraction of sp³-hybridized carbons (Fsp3) is 0.318. The third kappa shape index (κ3) is 4.93. The summed E-state index contributed by atoms with van der Waals surface area (Å²) in [5, 5.41) is 2.70. The Morgan fingerprint density at radius 1 is 1.03 bits per heavy atom. The van der Waals surface area contributed by atoms with Crippen LogP contribution in [0.5, 0.6) is 11.5 Å². The molecule has 1 heterocycles. The molecule has 7 heteroatoms. The molecular formula is C22H23NO6. The van der Waals surface area contributed by atoms with Gasteiger partial charge >= 0.3 is 5.97 Å². The van der Waals surface area contributed by atoms with Gasteiger partial charge in [0.05, 0.1) is 0 Å². The van der Waals surface area contributed by atoms with Gasteiger partial charge in [-0.25, -0.2) is 4.79 Å². The zero-order valence-corrected chi connectivity index (χ0v) is 16.6. The molecule has 1 amide bonds. The summed E-state index contributed by atoms with van der Waals surface area (Å²) in [5.41, 5.74) is 1.75. The summed E-state index contributed by atoms with van der Waals surface area (Å²) >= 11 is 0. The highest BCUT2D eigenvalue weighted by Crippen LogP contribution is 2.32. The summed E-state index contributed by atoms with van der Waals surface area (Å²) in [4.78, 5) is 37.3. The highest BCUT2D eigenvalue weighted by molar-refractivity contribution is 6.00. The zero-order chi connectivity index (χ0) is 21.0. The van der Waals surface area contributed by atoms with E-state index in [9.17, 15) is 14.4 Å². The standard InChI is InChI=1S/C22H23NO6/c1-13(2)20(23-21(25)16-6-4-5-14(3)9-16)22(26)27-11-17(24)15-7-8-18-19(10-15)29-12-28-18/h4-10,13,20H,11-12H2,1-3H3,(H,23,25)/t20-/m0/s1. The highest BCUT2D eigenvalue weighted by atomic mass is 16.7. The number of fused-ring (bicyclic) bond motifs is 1. The first-order valence-electron chi connectivity index (χ1n) is 9.32. The number of esters is 1. The van der Waals surface area contributed by atoms with Gasteiger partial charge in [-0.15, -0.1) is 0 Å². The van der Waals surface area contributed by atoms with Crippen molar-refractivity contribution < 1.29 is 28.6 Å². The molecule has 0 aromatic heterocycles. The number of carbonyl (C=O) groups is 3. The third-order valence-electron chi connectivity index (χ3n) is 4.53. The lowest BCUT2D eigenvalue weighted by atomic mass is 10.0. The van der Waals surface area contributed by atoms with Gasteiger partial charge < -0.3 is 19.5 Å². The van der Waals surface area contributed by atoms with Crippen molar-refractivity contribution in [2.45, 2.75) is 26.8 Å². The molecule has 0 saturated heterocycles. The molecule has 7 nitrogen and oxygen atoms in total. The molecule has 0 bridgehead atoms. The van der Waals surface area contributed by atoms with Crippen LogP contribution in [-0.2, 0) is 9.53 Å². The Kier molecular flexibility index (Phi) is 6.16. The summed E-state index contributed by atoms with van der Waals surface area (Å²) in [6.45, 7) is 5.15. The smallest absolute Gasteiger partial charge is 0.329 e. The van der Waals surface area contributed by atoms with Crippen LogP contribution < -0.4 is 14.8 Å². The van der Waals surface area contributed by atoms with E-state index in [1.54, 1.807) is 50.2 Å². The third-order valence-corrected chi connectivity index (χ3v) is 4.53. The van der Waals surface area contributed by atoms with Crippen LogP contribution in [0.25, 0.3) is 0 Å². The van der Waals surface area contributed by atoms with Crippen molar-refractivity contribution in [3.63, 3.8) is 0 Å². The Balaban J connectivity index is 1.60. The number of ketones is 1. The van der Waals surface area contributed by atoms with E-state index in [-0.39, 0.29) is 24.4 Å². The molecule has 1 aliphatic heterocycles. The second-order valence-corrected chi connectivity index (χ2v) is 7.16. The molecule has 0 radical (unpaired) electrons. The molecule has 3 rings (SSSR count). The lowest BCUT2D eigenvalue weighted by molar-refractivity contribution is -0.145. The highest BCUT2D eigenvalue weighted by Gasteiger charge is 2.27. The Morgan fingerprint density at radius 3 is 2.52 bits per heavy atom. The molecule has 2 aromatic carbocycles. The average molecular weight is 397 g/mol. The number of amides is 1. The molecule has 2 aromatic rings. The SMILES string of the molecule is Cc1cccc(C(=O)N[C@H](C(=O)OCC(=O)c2ccc3c(c2)OCO3)C(C)C)c1. The monoisotopic (exact) mass is 397 g/mol. The minimum Gasteiger partial charge on any atom is -0.456 e. The van der Waals surface area contributed by atoms with E-state index in [0.717, 1.165) is 5.56 Å². The second kappa shape index (κ2) is 8.77. The second-order valence-electron chi connectivity index (χ2n) is 7.16. The quantitative estimate of drug-likeness (QED) is 0.571. The first kappa shape index (κ1) is 20.4. The van der Waals surface area contributed by atoms with Gasteiger partial charge in [-0.1, -0.05) is 31.5 Å². The van der Waals surface area contributed by atoms with Gasteiger partial charge in [-0.05, 0) is 43.2 Å². The van der Waals surface area contributed by atoms with Gasteiger partial charge in [0.1, 0.15) is 6.04 Å². The maximum Gasteiger partial charge on any atom is 0.329 e. The number of aryl methyl sites for hydroxylation is 1. The summed E-state index contributed by atoms with van der Waals surface area (Å²) in [6, 6.07) is 11.0. The van der Waals surface area contributed by atoms with Crippen LogP contribution >= 0.6 is 0 Å². The van der Waals surface area contributed by atoms with E-state index in [1.807, 2.05) is 13.0 Å². The lowest BCUT2D eigenvalue weighted by Crippen LogP contribution is -2.45. The molecule has 1 aliphatic rings. The lowest BCUT2D eigenvalue weighted by Gasteiger charge is -2.21. The van der Waals surface area contributed by atoms with Gasteiger partial charge in [-0.2, -0.15) is 0 Å². The minimum atomic E-state index is -0.868. The predicted octanol–water partition coefficient (Wildman–Crippen LogP) is 2.90. The van der Waals surface area contributed by atoms with E-state index in [1.165, 1.54) is 0 Å². The molecule has 0 spiro atoms. The number of Topliss-reactive ketones (excluding diaryl/α,β-unsaturated/α-hetero) is 1. The van der Waals surface area contributed by atoms with E-state index < -0.39 is 18.6 Å². The predicted molar refractivity (Wildman–Crippen MR) is 105 cm³/mol. The van der Waals surface area contributed by atoms with Gasteiger partial charge in [0.2, 0.25) is 6.79 Å². The summed E-state index contributed by atoms with van der Waals surface area (Å²) in [7, 11) is 0. The van der Waals surface area contributed by atoms with Crippen LogP contribution in [0.3, 0.4) is 0 Å². The molecule has 0 fully saturated rings. The number of hydrogen-bond acceptors (Lipinski definition) is 6. The molecule has 1 atom stereocenters. The number of carbonyl (C=O) groups excluding carboxylic acids is 3. The topological polar surface area (TPSA) is 90.9 Å². The number of rotatable bonds is 7. The fourth-order valence-corrected chi connectivity index (χ4v) is 2.89. The van der Waals surface area contributed by atoms with Crippen LogP contribution in [0.2, 0.25) is 0 Å². The van der Waals surface area contributed by atoms with Crippen LogP contribution in [0.4, 0.5) is 0 Å². The Bertz CT molecular complexity index is 937. The largest absolute Gasteiger partial charge is 0.456 e. The number of hydrogen-bond donors (Lipinski definition) is 1. The fourth-order valence-electron chi connectivity index (χ4n) is 2.89. The van der Waals surface area contributed by atoms with Crippen LogP contribution in [0.15, 0.2) is 42.5 Å². The summed E-state index contributed by atoms with van der Waals surface area (Å²) in [6.07, 6.45) is 0.